The smallest absolute Gasteiger partial charge is 0.319 e. The van der Waals surface area contributed by atoms with Gasteiger partial charge in [0.2, 0.25) is 0 Å². The van der Waals surface area contributed by atoms with Crippen molar-refractivity contribution in [2.75, 3.05) is 6.61 Å². The third-order valence-corrected chi connectivity index (χ3v) is 3.47. The van der Waals surface area contributed by atoms with E-state index in [4.69, 9.17) is 10.5 Å². The number of carbonyl (C=O) groups excluding carboxylic acids is 1. The van der Waals surface area contributed by atoms with E-state index in [9.17, 15) is 4.79 Å². The minimum atomic E-state index is -0.204. The Morgan fingerprint density at radius 3 is 2.76 bits per heavy atom. The summed E-state index contributed by atoms with van der Waals surface area (Å²) in [5.74, 6) is -0.197. The van der Waals surface area contributed by atoms with Gasteiger partial charge in [-0.3, -0.25) is 4.79 Å². The number of aliphatic imine (C=N–C) groups is 1. The van der Waals surface area contributed by atoms with E-state index in [0.29, 0.717) is 18.2 Å². The van der Waals surface area contributed by atoms with E-state index in [1.54, 1.807) is 0 Å². The first-order valence-electron chi connectivity index (χ1n) is 5.39. The van der Waals surface area contributed by atoms with E-state index in [1.165, 1.54) is 17.3 Å². The van der Waals surface area contributed by atoms with Crippen molar-refractivity contribution in [3.63, 3.8) is 0 Å². The maximum Gasteiger partial charge on any atom is 0.319 e. The Bertz CT molecular complexity index is 442. The summed E-state index contributed by atoms with van der Waals surface area (Å²) in [5, 5.41) is 0.196. The Morgan fingerprint density at radius 2 is 2.18 bits per heavy atom. The zero-order valence-electron chi connectivity index (χ0n) is 9.55. The van der Waals surface area contributed by atoms with Crippen molar-refractivity contribution in [1.29, 1.82) is 0 Å². The van der Waals surface area contributed by atoms with Gasteiger partial charge in [0.1, 0.15) is 5.25 Å². The quantitative estimate of drug-likeness (QED) is 0.495. The first-order valence-corrected chi connectivity index (χ1v) is 6.27. The first-order chi connectivity index (χ1) is 8.15. The summed E-state index contributed by atoms with van der Waals surface area (Å²) in [6.07, 6.45) is 0.702. The number of nitrogens with zero attached hydrogens (tertiary/aromatic N) is 1. The Hall–Kier alpha value is -1.49. The molecule has 0 amide bonds. The van der Waals surface area contributed by atoms with Gasteiger partial charge in [-0.05, 0) is 19.1 Å². The lowest BCUT2D eigenvalue weighted by atomic mass is 10.2. The monoisotopic (exact) mass is 250 g/mol. The van der Waals surface area contributed by atoms with Crippen molar-refractivity contribution in [1.82, 2.24) is 0 Å². The standard InChI is InChI=1S/C12H14N2O2S/c1-8-2-4-9(5-3-8)14-12(13)17-10-6-7-16-11(10)15/h2-5,10H,6-7H2,1H3,(H2,13,14). The Morgan fingerprint density at radius 1 is 1.47 bits per heavy atom. The number of ether oxygens (including phenoxy) is 1. The summed E-state index contributed by atoms with van der Waals surface area (Å²) < 4.78 is 4.86. The Kier molecular flexibility index (Phi) is 3.68. The summed E-state index contributed by atoms with van der Waals surface area (Å²) in [5.41, 5.74) is 7.76. The molecule has 0 spiro atoms. The number of nitrogens with two attached hydrogens (primary N) is 1. The van der Waals surface area contributed by atoms with Crippen LogP contribution in [-0.2, 0) is 9.53 Å². The predicted molar refractivity (Wildman–Crippen MR) is 69.4 cm³/mol. The largest absolute Gasteiger partial charge is 0.465 e. The molecule has 0 aromatic heterocycles. The third-order valence-electron chi connectivity index (χ3n) is 2.42. The molecular formula is C12H14N2O2S. The lowest BCUT2D eigenvalue weighted by Crippen LogP contribution is -2.17. The molecule has 0 bridgehead atoms. The number of benzene rings is 1. The van der Waals surface area contributed by atoms with Crippen molar-refractivity contribution < 1.29 is 9.53 Å². The van der Waals surface area contributed by atoms with Crippen LogP contribution < -0.4 is 5.73 Å². The van der Waals surface area contributed by atoms with Crippen molar-refractivity contribution >= 4 is 28.6 Å². The van der Waals surface area contributed by atoms with Gasteiger partial charge in [0.15, 0.2) is 5.17 Å². The number of hydrogen-bond acceptors (Lipinski definition) is 4. The number of cyclic esters (lactones) is 1. The molecule has 2 rings (SSSR count). The molecule has 4 nitrogen and oxygen atoms in total. The number of amidine groups is 1. The van der Waals surface area contributed by atoms with E-state index in [1.807, 2.05) is 31.2 Å². The molecule has 0 saturated carbocycles. The molecule has 1 atom stereocenters. The molecule has 1 unspecified atom stereocenters. The molecule has 2 N–H and O–H groups in total. The molecule has 1 heterocycles. The second-order valence-electron chi connectivity index (χ2n) is 3.85. The van der Waals surface area contributed by atoms with Crippen molar-refractivity contribution in [3.05, 3.63) is 29.8 Å². The van der Waals surface area contributed by atoms with Crippen LogP contribution in [0.4, 0.5) is 5.69 Å². The van der Waals surface area contributed by atoms with Gasteiger partial charge in [0, 0.05) is 6.42 Å². The lowest BCUT2D eigenvalue weighted by molar-refractivity contribution is -0.137. The van der Waals surface area contributed by atoms with Crippen molar-refractivity contribution in [2.24, 2.45) is 10.7 Å². The van der Waals surface area contributed by atoms with Gasteiger partial charge in [0.05, 0.1) is 12.3 Å². The maximum absolute atomic E-state index is 11.3. The summed E-state index contributed by atoms with van der Waals surface area (Å²) in [7, 11) is 0. The Balaban J connectivity index is 2.01. The molecule has 90 valence electrons. The highest BCUT2D eigenvalue weighted by atomic mass is 32.2. The molecule has 5 heteroatoms. The minimum absolute atomic E-state index is 0.197. The van der Waals surface area contributed by atoms with Gasteiger partial charge < -0.3 is 10.5 Å². The zero-order valence-corrected chi connectivity index (χ0v) is 10.4. The number of rotatable bonds is 2. The summed E-state index contributed by atoms with van der Waals surface area (Å²) in [6, 6.07) is 7.74. The van der Waals surface area contributed by atoms with Crippen molar-refractivity contribution in [2.45, 2.75) is 18.6 Å². The topological polar surface area (TPSA) is 64.7 Å². The van der Waals surface area contributed by atoms with E-state index in [2.05, 4.69) is 4.99 Å². The van der Waals surface area contributed by atoms with Crippen LogP contribution in [0.5, 0.6) is 0 Å². The normalized spacial score (nSPS) is 20.4. The highest BCUT2D eigenvalue weighted by molar-refractivity contribution is 8.14. The average molecular weight is 250 g/mol. The number of hydrogen-bond donors (Lipinski definition) is 1. The fourth-order valence-corrected chi connectivity index (χ4v) is 2.33. The third kappa shape index (κ3) is 3.23. The van der Waals surface area contributed by atoms with Gasteiger partial charge in [-0.15, -0.1) is 0 Å². The molecule has 17 heavy (non-hydrogen) atoms. The SMILES string of the molecule is Cc1ccc(N=C(N)SC2CCOC2=O)cc1. The average Bonchev–Trinajstić information content (AvgIpc) is 2.68. The molecule has 1 fully saturated rings. The van der Waals surface area contributed by atoms with Crippen LogP contribution >= 0.6 is 11.8 Å². The van der Waals surface area contributed by atoms with Crippen LogP contribution in [-0.4, -0.2) is 23.0 Å². The van der Waals surface area contributed by atoms with Crippen LogP contribution in [0.1, 0.15) is 12.0 Å². The van der Waals surface area contributed by atoms with Gasteiger partial charge in [-0.25, -0.2) is 4.99 Å². The van der Waals surface area contributed by atoms with Gasteiger partial charge in [-0.2, -0.15) is 0 Å². The molecule has 1 aromatic rings. The maximum atomic E-state index is 11.3. The van der Waals surface area contributed by atoms with Crippen LogP contribution in [0.2, 0.25) is 0 Å². The van der Waals surface area contributed by atoms with E-state index in [-0.39, 0.29) is 11.2 Å². The minimum Gasteiger partial charge on any atom is -0.465 e. The molecule has 0 aliphatic carbocycles. The fourth-order valence-electron chi connectivity index (χ4n) is 1.50. The molecule has 1 saturated heterocycles. The van der Waals surface area contributed by atoms with Crippen LogP contribution in [0, 0.1) is 6.92 Å². The molecule has 0 radical (unpaired) electrons. The van der Waals surface area contributed by atoms with Crippen LogP contribution in [0.3, 0.4) is 0 Å². The van der Waals surface area contributed by atoms with E-state index in [0.717, 1.165) is 5.69 Å². The first kappa shape index (κ1) is 12.0. The highest BCUT2D eigenvalue weighted by Gasteiger charge is 2.28. The van der Waals surface area contributed by atoms with E-state index >= 15 is 0 Å². The zero-order chi connectivity index (χ0) is 12.3. The Labute approximate surface area is 104 Å². The van der Waals surface area contributed by atoms with E-state index < -0.39 is 0 Å². The molecular weight excluding hydrogens is 236 g/mol. The van der Waals surface area contributed by atoms with Gasteiger partial charge in [-0.1, -0.05) is 29.5 Å². The summed E-state index contributed by atoms with van der Waals surface area (Å²) >= 11 is 1.27. The predicted octanol–water partition coefficient (Wildman–Crippen LogP) is 1.99. The lowest BCUT2D eigenvalue weighted by Gasteiger charge is -2.04. The van der Waals surface area contributed by atoms with Gasteiger partial charge in [0.25, 0.3) is 0 Å². The second-order valence-corrected chi connectivity index (χ2v) is 5.07. The number of aryl methyl sites for hydroxylation is 1. The molecule has 1 aliphatic heterocycles. The van der Waals surface area contributed by atoms with Gasteiger partial charge >= 0.3 is 5.97 Å². The van der Waals surface area contributed by atoms with Crippen LogP contribution in [0.15, 0.2) is 29.3 Å². The fraction of sp³-hybridized carbons (Fsp3) is 0.333. The second kappa shape index (κ2) is 5.23. The summed E-state index contributed by atoms with van der Waals surface area (Å²) in [4.78, 5) is 15.5. The number of thioether (sulfide) groups is 1. The van der Waals surface area contributed by atoms with Crippen molar-refractivity contribution in [3.8, 4) is 0 Å². The molecule has 1 aliphatic rings. The van der Waals surface area contributed by atoms with Crippen LogP contribution in [0.25, 0.3) is 0 Å². The highest BCUT2D eigenvalue weighted by Crippen LogP contribution is 2.23. The number of esters is 1. The number of carbonyl (C=O) groups is 1. The molecule has 1 aromatic carbocycles. The summed E-state index contributed by atoms with van der Waals surface area (Å²) in [6.45, 7) is 2.49.